The summed E-state index contributed by atoms with van der Waals surface area (Å²) >= 11 is 0. The van der Waals surface area contributed by atoms with Crippen LogP contribution in [-0.2, 0) is 4.79 Å². The molecule has 3 rings (SSSR count). The Labute approximate surface area is 93.6 Å². The van der Waals surface area contributed by atoms with Crippen molar-refractivity contribution in [2.24, 2.45) is 5.92 Å². The Bertz CT molecular complexity index is 370. The summed E-state index contributed by atoms with van der Waals surface area (Å²) in [5.41, 5.74) is -1.59. The molecule has 3 N–H and O–H groups in total. The Morgan fingerprint density at radius 2 is 2.12 bits per heavy atom. The van der Waals surface area contributed by atoms with Crippen molar-refractivity contribution in [2.45, 2.75) is 49.7 Å². The lowest BCUT2D eigenvalue weighted by Gasteiger charge is -2.48. The largest absolute Gasteiger partial charge is 0.390 e. The van der Waals surface area contributed by atoms with E-state index in [1.165, 1.54) is 0 Å². The van der Waals surface area contributed by atoms with E-state index in [2.05, 4.69) is 10.6 Å². The molecule has 1 saturated heterocycles. The average molecular weight is 224 g/mol. The third kappa shape index (κ3) is 1.34. The lowest BCUT2D eigenvalue weighted by atomic mass is 9.62. The van der Waals surface area contributed by atoms with Gasteiger partial charge in [-0.2, -0.15) is 0 Å². The summed E-state index contributed by atoms with van der Waals surface area (Å²) in [6.07, 6.45) is 4.63. The predicted octanol–water partition coefficient (Wildman–Crippen LogP) is 0.280. The normalized spacial score (nSPS) is 46.7. The summed E-state index contributed by atoms with van der Waals surface area (Å²) in [5, 5.41) is 15.4. The second-order valence-electron chi connectivity index (χ2n) is 5.56. The molecule has 88 valence electrons. The molecule has 2 aliphatic carbocycles. The maximum Gasteiger partial charge on any atom is 0.322 e. The maximum atomic E-state index is 11.8. The lowest BCUT2D eigenvalue weighted by Crippen LogP contribution is -2.59. The fourth-order valence-corrected chi connectivity index (χ4v) is 3.72. The molecule has 0 radical (unpaired) electrons. The molecule has 0 aromatic carbocycles. The fraction of sp³-hybridized carbons (Fsp3) is 0.818. The first-order valence-electron chi connectivity index (χ1n) is 5.87. The summed E-state index contributed by atoms with van der Waals surface area (Å²) in [4.78, 5) is 23.1. The summed E-state index contributed by atoms with van der Waals surface area (Å²) < 4.78 is 0. The third-order valence-corrected chi connectivity index (χ3v) is 4.21. The van der Waals surface area contributed by atoms with Gasteiger partial charge in [0.05, 0.1) is 5.60 Å². The molecule has 3 amide bonds. The van der Waals surface area contributed by atoms with Gasteiger partial charge in [-0.1, -0.05) is 12.8 Å². The van der Waals surface area contributed by atoms with Crippen molar-refractivity contribution in [1.82, 2.24) is 10.6 Å². The zero-order valence-electron chi connectivity index (χ0n) is 9.08. The summed E-state index contributed by atoms with van der Waals surface area (Å²) in [7, 11) is 0. The molecular formula is C11H16N2O3. The van der Waals surface area contributed by atoms with Crippen LogP contribution in [0.3, 0.4) is 0 Å². The summed E-state index contributed by atoms with van der Waals surface area (Å²) in [5.74, 6) is 0.0965. The van der Waals surface area contributed by atoms with E-state index in [1.807, 2.05) is 0 Å². The second kappa shape index (κ2) is 2.97. The zero-order chi connectivity index (χ0) is 11.4. The van der Waals surface area contributed by atoms with Gasteiger partial charge in [0.2, 0.25) is 0 Å². The molecule has 0 aromatic rings. The molecule has 1 aliphatic heterocycles. The molecule has 1 heterocycles. The first-order chi connectivity index (χ1) is 7.51. The number of imide groups is 1. The average Bonchev–Trinajstić information content (AvgIpc) is 2.38. The number of hydrogen-bond acceptors (Lipinski definition) is 3. The predicted molar refractivity (Wildman–Crippen MR) is 55.5 cm³/mol. The number of fused-ring (bicyclic) bond motifs is 2. The second-order valence-corrected chi connectivity index (χ2v) is 5.56. The van der Waals surface area contributed by atoms with Gasteiger partial charge < -0.3 is 10.4 Å². The molecule has 3 fully saturated rings. The van der Waals surface area contributed by atoms with Crippen LogP contribution in [-0.4, -0.2) is 28.2 Å². The molecule has 3 aliphatic rings. The molecule has 5 nitrogen and oxygen atoms in total. The Hall–Kier alpha value is -1.10. The first-order valence-corrected chi connectivity index (χ1v) is 5.87. The standard InChI is InChI=1S/C11H16N2O3/c14-8-11(13-9(15)12-8)5-7-2-1-3-10(16,4-7)6-11/h7,16H,1-6H2,(H2,12,13,14,15)/t7-,10+,11+/m0/s1. The van der Waals surface area contributed by atoms with Crippen molar-refractivity contribution in [2.75, 3.05) is 0 Å². The smallest absolute Gasteiger partial charge is 0.322 e. The van der Waals surface area contributed by atoms with E-state index in [4.69, 9.17) is 0 Å². The van der Waals surface area contributed by atoms with Crippen molar-refractivity contribution in [1.29, 1.82) is 0 Å². The quantitative estimate of drug-likeness (QED) is 0.517. The molecule has 5 heteroatoms. The third-order valence-electron chi connectivity index (χ3n) is 4.21. The molecule has 1 spiro atoms. The Balaban J connectivity index is 1.92. The number of nitrogens with one attached hydrogen (secondary N) is 2. The number of carbonyl (C=O) groups excluding carboxylic acids is 2. The molecule has 0 aromatic heterocycles. The van der Waals surface area contributed by atoms with Gasteiger partial charge in [0, 0.05) is 6.42 Å². The Kier molecular flexibility index (Phi) is 1.87. The fourth-order valence-electron chi connectivity index (χ4n) is 3.72. The molecule has 2 saturated carbocycles. The van der Waals surface area contributed by atoms with E-state index >= 15 is 0 Å². The minimum Gasteiger partial charge on any atom is -0.390 e. The Morgan fingerprint density at radius 1 is 1.31 bits per heavy atom. The van der Waals surface area contributed by atoms with Crippen LogP contribution in [0.15, 0.2) is 0 Å². The van der Waals surface area contributed by atoms with Crippen molar-refractivity contribution in [3.05, 3.63) is 0 Å². The molecular weight excluding hydrogens is 208 g/mol. The number of aliphatic hydroxyl groups is 1. The SMILES string of the molecule is O=C1NC(=O)[C@]2(C[C@H]3CCC[C@@](O)(C3)C2)N1. The van der Waals surface area contributed by atoms with E-state index in [9.17, 15) is 14.7 Å². The van der Waals surface area contributed by atoms with Gasteiger partial charge in [-0.15, -0.1) is 0 Å². The number of carbonyl (C=O) groups is 2. The van der Waals surface area contributed by atoms with Gasteiger partial charge in [-0.25, -0.2) is 4.79 Å². The maximum absolute atomic E-state index is 11.8. The van der Waals surface area contributed by atoms with Crippen molar-refractivity contribution >= 4 is 11.9 Å². The molecule has 16 heavy (non-hydrogen) atoms. The first kappa shape index (κ1) is 10.1. The van der Waals surface area contributed by atoms with Crippen LogP contribution in [0, 0.1) is 5.92 Å². The number of urea groups is 1. The highest BCUT2D eigenvalue weighted by atomic mass is 16.3. The molecule has 3 atom stereocenters. The van der Waals surface area contributed by atoms with Crippen LogP contribution < -0.4 is 10.6 Å². The monoisotopic (exact) mass is 224 g/mol. The Morgan fingerprint density at radius 3 is 2.75 bits per heavy atom. The van der Waals surface area contributed by atoms with Crippen LogP contribution in [0.2, 0.25) is 0 Å². The van der Waals surface area contributed by atoms with Crippen molar-refractivity contribution in [3.63, 3.8) is 0 Å². The van der Waals surface area contributed by atoms with Crippen LogP contribution in [0.5, 0.6) is 0 Å². The van der Waals surface area contributed by atoms with E-state index in [0.29, 0.717) is 18.8 Å². The minimum absolute atomic E-state index is 0.262. The number of hydrogen-bond donors (Lipinski definition) is 3. The minimum atomic E-state index is -0.838. The summed E-state index contributed by atoms with van der Waals surface area (Å²) in [6, 6.07) is -0.423. The topological polar surface area (TPSA) is 78.4 Å². The van der Waals surface area contributed by atoms with Gasteiger partial charge >= 0.3 is 6.03 Å². The van der Waals surface area contributed by atoms with E-state index < -0.39 is 17.2 Å². The number of amides is 3. The van der Waals surface area contributed by atoms with Crippen molar-refractivity contribution in [3.8, 4) is 0 Å². The highest BCUT2D eigenvalue weighted by molar-refractivity contribution is 6.07. The van der Waals surface area contributed by atoms with Crippen LogP contribution >= 0.6 is 0 Å². The van der Waals surface area contributed by atoms with Crippen LogP contribution in [0.1, 0.15) is 38.5 Å². The van der Waals surface area contributed by atoms with Crippen LogP contribution in [0.4, 0.5) is 4.79 Å². The van der Waals surface area contributed by atoms with Gasteiger partial charge in [0.25, 0.3) is 5.91 Å². The van der Waals surface area contributed by atoms with Gasteiger partial charge in [0.15, 0.2) is 0 Å². The zero-order valence-corrected chi connectivity index (χ0v) is 9.08. The van der Waals surface area contributed by atoms with E-state index in [0.717, 1.165) is 25.7 Å². The van der Waals surface area contributed by atoms with Crippen LogP contribution in [0.25, 0.3) is 0 Å². The summed E-state index contributed by atoms with van der Waals surface area (Å²) in [6.45, 7) is 0. The van der Waals surface area contributed by atoms with E-state index in [-0.39, 0.29) is 5.91 Å². The van der Waals surface area contributed by atoms with Crippen molar-refractivity contribution < 1.29 is 14.7 Å². The highest BCUT2D eigenvalue weighted by Crippen LogP contribution is 2.47. The highest BCUT2D eigenvalue weighted by Gasteiger charge is 2.56. The number of rotatable bonds is 0. The van der Waals surface area contributed by atoms with Gasteiger partial charge in [-0.05, 0) is 25.2 Å². The molecule has 0 unspecified atom stereocenters. The van der Waals surface area contributed by atoms with Gasteiger partial charge in [-0.3, -0.25) is 10.1 Å². The molecule has 2 bridgehead atoms. The van der Waals surface area contributed by atoms with Gasteiger partial charge in [0.1, 0.15) is 5.54 Å². The van der Waals surface area contributed by atoms with E-state index in [1.54, 1.807) is 0 Å². The lowest BCUT2D eigenvalue weighted by molar-refractivity contribution is -0.135.